The Kier molecular flexibility index (Phi) is 6.01. The highest BCUT2D eigenvalue weighted by Gasteiger charge is 2.14. The maximum Gasteiger partial charge on any atom is 0.248 e. The number of benzene rings is 3. The summed E-state index contributed by atoms with van der Waals surface area (Å²) in [6.45, 7) is 0. The Labute approximate surface area is 204 Å². The van der Waals surface area contributed by atoms with Crippen molar-refractivity contribution in [3.05, 3.63) is 101 Å². The molecular formula is C26H16Cl2N2O2S. The van der Waals surface area contributed by atoms with Gasteiger partial charge in [0.2, 0.25) is 5.91 Å². The van der Waals surface area contributed by atoms with E-state index in [-0.39, 0.29) is 5.91 Å². The molecule has 1 N–H and O–H groups in total. The van der Waals surface area contributed by atoms with Crippen LogP contribution in [-0.2, 0) is 4.79 Å². The number of anilines is 1. The van der Waals surface area contributed by atoms with E-state index in [9.17, 15) is 4.79 Å². The van der Waals surface area contributed by atoms with Crippen molar-refractivity contribution >= 4 is 62.4 Å². The highest BCUT2D eigenvalue weighted by molar-refractivity contribution is 7.21. The van der Waals surface area contributed by atoms with Gasteiger partial charge < -0.3 is 9.73 Å². The lowest BCUT2D eigenvalue weighted by Crippen LogP contribution is -2.08. The molecule has 3 aromatic carbocycles. The number of hydrogen-bond acceptors (Lipinski definition) is 4. The van der Waals surface area contributed by atoms with Crippen LogP contribution in [0.1, 0.15) is 5.76 Å². The highest BCUT2D eigenvalue weighted by atomic mass is 35.5. The average Bonchev–Trinajstić information content (AvgIpc) is 3.47. The predicted octanol–water partition coefficient (Wildman–Crippen LogP) is 8.18. The number of amides is 1. The lowest BCUT2D eigenvalue weighted by molar-refractivity contribution is -0.111. The first-order valence-corrected chi connectivity index (χ1v) is 11.6. The summed E-state index contributed by atoms with van der Waals surface area (Å²) < 4.78 is 6.85. The molecule has 2 aromatic heterocycles. The minimum atomic E-state index is -0.341. The minimum absolute atomic E-state index is 0.341. The number of carbonyl (C=O) groups excluding carboxylic acids is 1. The molecule has 0 aliphatic heterocycles. The van der Waals surface area contributed by atoms with E-state index < -0.39 is 0 Å². The minimum Gasteiger partial charge on any atom is -0.457 e. The van der Waals surface area contributed by atoms with E-state index in [2.05, 4.69) is 10.3 Å². The van der Waals surface area contributed by atoms with Gasteiger partial charge in [0.25, 0.3) is 0 Å². The first-order chi connectivity index (χ1) is 16.1. The smallest absolute Gasteiger partial charge is 0.248 e. The summed E-state index contributed by atoms with van der Waals surface area (Å²) in [5.74, 6) is 0.963. The number of rotatable bonds is 5. The molecule has 0 spiro atoms. The van der Waals surface area contributed by atoms with Gasteiger partial charge in [0.05, 0.1) is 25.9 Å². The summed E-state index contributed by atoms with van der Waals surface area (Å²) in [7, 11) is 0. The van der Waals surface area contributed by atoms with E-state index in [1.807, 2.05) is 66.7 Å². The maximum absolute atomic E-state index is 12.5. The fourth-order valence-electron chi connectivity index (χ4n) is 3.33. The van der Waals surface area contributed by atoms with E-state index in [1.165, 1.54) is 17.4 Å². The molecule has 5 rings (SSSR count). The molecule has 1 amide bonds. The molecule has 0 atom stereocenters. The molecule has 0 saturated heterocycles. The summed E-state index contributed by atoms with van der Waals surface area (Å²) >= 11 is 14.3. The largest absolute Gasteiger partial charge is 0.457 e. The third-order valence-electron chi connectivity index (χ3n) is 4.92. The van der Waals surface area contributed by atoms with Crippen LogP contribution >= 0.6 is 34.5 Å². The van der Waals surface area contributed by atoms with Gasteiger partial charge in [-0.2, -0.15) is 0 Å². The van der Waals surface area contributed by atoms with Crippen LogP contribution < -0.4 is 5.32 Å². The molecule has 162 valence electrons. The Bertz CT molecular complexity index is 1460. The number of para-hydroxylation sites is 1. The predicted molar refractivity (Wildman–Crippen MR) is 137 cm³/mol. The quantitative estimate of drug-likeness (QED) is 0.252. The second-order valence-electron chi connectivity index (χ2n) is 7.19. The standard InChI is InChI=1S/C26H16Cl2N2O2S/c27-19-15-20(28)22(14-18(19)26-30-21-8-4-5-9-24(21)33-26)29-25(31)13-11-17-10-12-23(32-17)16-6-2-1-3-7-16/h1-15H,(H,29,31)/b13-11+. The molecule has 0 radical (unpaired) electrons. The van der Waals surface area contributed by atoms with Crippen molar-refractivity contribution in [3.63, 3.8) is 0 Å². The number of furan rings is 1. The Morgan fingerprint density at radius 2 is 1.73 bits per heavy atom. The summed E-state index contributed by atoms with van der Waals surface area (Å²) in [4.78, 5) is 17.2. The highest BCUT2D eigenvalue weighted by Crippen LogP contribution is 2.39. The zero-order chi connectivity index (χ0) is 22.8. The van der Waals surface area contributed by atoms with Crippen LogP contribution in [0.4, 0.5) is 5.69 Å². The van der Waals surface area contributed by atoms with Crippen molar-refractivity contribution in [2.24, 2.45) is 0 Å². The number of aromatic nitrogens is 1. The topological polar surface area (TPSA) is 55.1 Å². The summed E-state index contributed by atoms with van der Waals surface area (Å²) in [5, 5.41) is 4.38. The lowest BCUT2D eigenvalue weighted by atomic mass is 10.2. The van der Waals surface area contributed by atoms with Crippen molar-refractivity contribution in [1.82, 2.24) is 4.98 Å². The summed E-state index contributed by atoms with van der Waals surface area (Å²) in [6.07, 6.45) is 3.01. The molecule has 0 fully saturated rings. The van der Waals surface area contributed by atoms with Crippen LogP contribution in [0.2, 0.25) is 10.0 Å². The van der Waals surface area contributed by atoms with E-state index in [0.29, 0.717) is 27.1 Å². The van der Waals surface area contributed by atoms with E-state index in [1.54, 1.807) is 18.2 Å². The number of halogens is 2. The van der Waals surface area contributed by atoms with Crippen LogP contribution in [-0.4, -0.2) is 10.9 Å². The zero-order valence-corrected chi connectivity index (χ0v) is 19.4. The fourth-order valence-corrected chi connectivity index (χ4v) is 4.90. The van der Waals surface area contributed by atoms with Crippen molar-refractivity contribution in [3.8, 4) is 21.9 Å². The second kappa shape index (κ2) is 9.24. The normalized spacial score (nSPS) is 11.3. The average molecular weight is 491 g/mol. The van der Waals surface area contributed by atoms with E-state index in [4.69, 9.17) is 27.6 Å². The molecule has 0 unspecified atom stereocenters. The summed E-state index contributed by atoms with van der Waals surface area (Å²) in [5.41, 5.74) is 3.02. The number of fused-ring (bicyclic) bond motifs is 1. The number of nitrogens with one attached hydrogen (secondary N) is 1. The van der Waals surface area contributed by atoms with Crippen LogP contribution in [0.15, 0.2) is 89.4 Å². The van der Waals surface area contributed by atoms with Crippen molar-refractivity contribution in [1.29, 1.82) is 0 Å². The molecule has 0 saturated carbocycles. The van der Waals surface area contributed by atoms with E-state index >= 15 is 0 Å². The molecule has 7 heteroatoms. The Morgan fingerprint density at radius 3 is 2.55 bits per heavy atom. The second-order valence-corrected chi connectivity index (χ2v) is 9.03. The zero-order valence-electron chi connectivity index (χ0n) is 17.1. The molecular weight excluding hydrogens is 475 g/mol. The van der Waals surface area contributed by atoms with Crippen molar-refractivity contribution in [2.75, 3.05) is 5.32 Å². The van der Waals surface area contributed by atoms with Gasteiger partial charge in [-0.3, -0.25) is 4.79 Å². The molecule has 0 aliphatic rings. The van der Waals surface area contributed by atoms with Crippen LogP contribution in [0.3, 0.4) is 0 Å². The van der Waals surface area contributed by atoms with Crippen LogP contribution in [0.25, 0.3) is 38.2 Å². The molecule has 4 nitrogen and oxygen atoms in total. The number of carbonyl (C=O) groups is 1. The van der Waals surface area contributed by atoms with Crippen LogP contribution in [0.5, 0.6) is 0 Å². The van der Waals surface area contributed by atoms with Crippen molar-refractivity contribution in [2.45, 2.75) is 0 Å². The molecule has 0 bridgehead atoms. The third kappa shape index (κ3) is 4.71. The molecule has 5 aromatic rings. The monoisotopic (exact) mass is 490 g/mol. The van der Waals surface area contributed by atoms with Gasteiger partial charge in [0.1, 0.15) is 16.5 Å². The van der Waals surface area contributed by atoms with Gasteiger partial charge in [-0.1, -0.05) is 65.7 Å². The molecule has 33 heavy (non-hydrogen) atoms. The Balaban J connectivity index is 1.35. The molecule has 2 heterocycles. The Hall–Kier alpha value is -3.38. The Morgan fingerprint density at radius 1 is 0.939 bits per heavy atom. The van der Waals surface area contributed by atoms with Gasteiger partial charge >= 0.3 is 0 Å². The number of hydrogen-bond donors (Lipinski definition) is 1. The lowest BCUT2D eigenvalue weighted by Gasteiger charge is -2.09. The van der Waals surface area contributed by atoms with Crippen molar-refractivity contribution < 1.29 is 9.21 Å². The first-order valence-electron chi connectivity index (χ1n) is 10.1. The van der Waals surface area contributed by atoms with E-state index in [0.717, 1.165) is 26.5 Å². The van der Waals surface area contributed by atoms with Gasteiger partial charge in [0.15, 0.2) is 0 Å². The number of nitrogens with zero attached hydrogens (tertiary/aromatic N) is 1. The van der Waals surface area contributed by atoms with Gasteiger partial charge in [-0.05, 0) is 42.5 Å². The first kappa shape index (κ1) is 21.5. The van der Waals surface area contributed by atoms with Gasteiger partial charge in [-0.15, -0.1) is 11.3 Å². The van der Waals surface area contributed by atoms with Crippen LogP contribution in [0, 0.1) is 0 Å². The molecule has 0 aliphatic carbocycles. The summed E-state index contributed by atoms with van der Waals surface area (Å²) in [6, 6.07) is 24.7. The van der Waals surface area contributed by atoms with Gasteiger partial charge in [0, 0.05) is 17.2 Å². The SMILES string of the molecule is O=C(/C=C/c1ccc(-c2ccccc2)o1)Nc1cc(-c2nc3ccccc3s2)c(Cl)cc1Cl. The maximum atomic E-state index is 12.5. The number of thiazole rings is 1. The van der Waals surface area contributed by atoms with Gasteiger partial charge in [-0.25, -0.2) is 4.98 Å². The fraction of sp³-hybridized carbons (Fsp3) is 0. The third-order valence-corrected chi connectivity index (χ3v) is 6.62.